The molecule has 7 heteroatoms. The average molecular weight is 367 g/mol. The Labute approximate surface area is 150 Å². The molecule has 0 amide bonds. The lowest BCUT2D eigenvalue weighted by Crippen LogP contribution is -2.15. The summed E-state index contributed by atoms with van der Waals surface area (Å²) in [6.07, 6.45) is -3.72. The van der Waals surface area contributed by atoms with E-state index < -0.39 is 23.6 Å². The summed E-state index contributed by atoms with van der Waals surface area (Å²) in [5.74, 6) is -0.955. The van der Waals surface area contributed by atoms with E-state index in [0.29, 0.717) is 0 Å². The second-order valence-electron chi connectivity index (χ2n) is 6.22. The highest BCUT2D eigenvalue weighted by atomic mass is 19.4. The summed E-state index contributed by atoms with van der Waals surface area (Å²) in [4.78, 5) is 15.5. The fraction of sp³-hybridized carbons (Fsp3) is 0.368. The van der Waals surface area contributed by atoms with Gasteiger partial charge in [0.05, 0.1) is 13.0 Å². The van der Waals surface area contributed by atoms with Crippen molar-refractivity contribution >= 4 is 5.97 Å². The van der Waals surface area contributed by atoms with Crippen LogP contribution >= 0.6 is 0 Å². The van der Waals surface area contributed by atoms with E-state index in [2.05, 4.69) is 4.98 Å². The van der Waals surface area contributed by atoms with Crippen molar-refractivity contribution in [2.24, 2.45) is 5.92 Å². The van der Waals surface area contributed by atoms with Crippen LogP contribution in [0.5, 0.6) is 5.88 Å². The third-order valence-corrected chi connectivity index (χ3v) is 3.36. The summed E-state index contributed by atoms with van der Waals surface area (Å²) in [7, 11) is 0. The molecule has 140 valence electrons. The van der Waals surface area contributed by atoms with Crippen LogP contribution in [0.3, 0.4) is 0 Å². The lowest BCUT2D eigenvalue weighted by molar-refractivity contribution is -0.144. The van der Waals surface area contributed by atoms with E-state index in [9.17, 15) is 18.0 Å². The molecule has 0 spiro atoms. The van der Waals surface area contributed by atoms with Crippen LogP contribution in [0.4, 0.5) is 13.2 Å². The van der Waals surface area contributed by atoms with E-state index in [1.807, 2.05) is 13.8 Å². The fourth-order valence-corrected chi connectivity index (χ4v) is 2.11. The summed E-state index contributed by atoms with van der Waals surface area (Å²) in [5.41, 5.74) is -0.163. The van der Waals surface area contributed by atoms with Gasteiger partial charge in [0.2, 0.25) is 5.88 Å². The molecule has 1 aromatic carbocycles. The van der Waals surface area contributed by atoms with Crippen LogP contribution < -0.4 is 4.74 Å². The maximum absolute atomic E-state index is 13.3. The minimum atomic E-state index is -4.64. The number of hydrogen-bond donors (Lipinski definition) is 0. The quantitative estimate of drug-likeness (QED) is 0.680. The Hall–Kier alpha value is -2.57. The summed E-state index contributed by atoms with van der Waals surface area (Å²) >= 11 is 0. The molecule has 0 bridgehead atoms. The van der Waals surface area contributed by atoms with E-state index in [0.717, 1.165) is 11.6 Å². The normalized spacial score (nSPS) is 11.5. The van der Waals surface area contributed by atoms with Crippen LogP contribution in [0.1, 0.15) is 30.5 Å². The second-order valence-corrected chi connectivity index (χ2v) is 6.22. The standard InChI is InChI=1S/C19H20F3NO3/c1-13(2)11-25-17(24)9-15-8-16(19(20,21)22)18(23-10-15)26-12-14-6-4-3-5-7-14/h3-8,10,13H,9,11-12H2,1-2H3. The fourth-order valence-electron chi connectivity index (χ4n) is 2.11. The number of alkyl halides is 3. The molecule has 1 aromatic heterocycles. The van der Waals surface area contributed by atoms with Gasteiger partial charge < -0.3 is 9.47 Å². The maximum Gasteiger partial charge on any atom is 0.421 e. The van der Waals surface area contributed by atoms with Crippen LogP contribution in [-0.2, 0) is 28.7 Å². The molecule has 2 rings (SSSR count). The Morgan fingerprint density at radius 2 is 1.85 bits per heavy atom. The number of esters is 1. The zero-order valence-corrected chi connectivity index (χ0v) is 14.5. The van der Waals surface area contributed by atoms with E-state index in [4.69, 9.17) is 9.47 Å². The molecule has 0 N–H and O–H groups in total. The molecule has 0 aliphatic rings. The van der Waals surface area contributed by atoms with Gasteiger partial charge in [0.1, 0.15) is 12.2 Å². The van der Waals surface area contributed by atoms with Gasteiger partial charge in [-0.05, 0) is 23.1 Å². The van der Waals surface area contributed by atoms with Crippen molar-refractivity contribution < 1.29 is 27.4 Å². The van der Waals surface area contributed by atoms with Gasteiger partial charge in [-0.25, -0.2) is 4.98 Å². The van der Waals surface area contributed by atoms with Gasteiger partial charge in [-0.1, -0.05) is 44.2 Å². The Bertz CT molecular complexity index is 731. The van der Waals surface area contributed by atoms with Crippen LogP contribution in [-0.4, -0.2) is 17.6 Å². The molecular weight excluding hydrogens is 347 g/mol. The van der Waals surface area contributed by atoms with Crippen molar-refractivity contribution in [1.82, 2.24) is 4.98 Å². The van der Waals surface area contributed by atoms with Gasteiger partial charge >= 0.3 is 12.1 Å². The van der Waals surface area contributed by atoms with Gasteiger partial charge in [0.25, 0.3) is 0 Å². The number of aromatic nitrogens is 1. The Morgan fingerprint density at radius 1 is 1.15 bits per heavy atom. The van der Waals surface area contributed by atoms with E-state index in [1.54, 1.807) is 30.3 Å². The van der Waals surface area contributed by atoms with Crippen LogP contribution in [0, 0.1) is 5.92 Å². The number of pyridine rings is 1. The van der Waals surface area contributed by atoms with E-state index >= 15 is 0 Å². The van der Waals surface area contributed by atoms with Gasteiger partial charge in [0.15, 0.2) is 0 Å². The summed E-state index contributed by atoms with van der Waals surface area (Å²) in [6.45, 7) is 3.92. The van der Waals surface area contributed by atoms with Gasteiger partial charge in [0, 0.05) is 6.20 Å². The molecule has 0 radical (unpaired) electrons. The van der Waals surface area contributed by atoms with Crippen LogP contribution in [0.2, 0.25) is 0 Å². The SMILES string of the molecule is CC(C)COC(=O)Cc1cnc(OCc2ccccc2)c(C(F)(F)F)c1. The number of halogens is 3. The third-order valence-electron chi connectivity index (χ3n) is 3.36. The minimum Gasteiger partial charge on any atom is -0.472 e. The summed E-state index contributed by atoms with van der Waals surface area (Å²) in [6, 6.07) is 9.70. The monoisotopic (exact) mass is 367 g/mol. The van der Waals surface area contributed by atoms with Gasteiger partial charge in [-0.2, -0.15) is 13.2 Å². The molecule has 0 saturated carbocycles. The van der Waals surface area contributed by atoms with Crippen molar-refractivity contribution in [2.75, 3.05) is 6.61 Å². The number of carbonyl (C=O) groups excluding carboxylic acids is 1. The first-order valence-corrected chi connectivity index (χ1v) is 8.14. The van der Waals surface area contributed by atoms with Crippen LogP contribution in [0.15, 0.2) is 42.6 Å². The Balaban J connectivity index is 2.12. The summed E-state index contributed by atoms with van der Waals surface area (Å²) < 4.78 is 50.2. The average Bonchev–Trinajstić information content (AvgIpc) is 2.59. The molecule has 4 nitrogen and oxygen atoms in total. The molecular formula is C19H20F3NO3. The van der Waals surface area contributed by atoms with E-state index in [1.165, 1.54) is 6.20 Å². The zero-order chi connectivity index (χ0) is 19.2. The molecule has 2 aromatic rings. The van der Waals surface area contributed by atoms with Crippen molar-refractivity contribution in [3.63, 3.8) is 0 Å². The molecule has 0 aliphatic heterocycles. The largest absolute Gasteiger partial charge is 0.472 e. The number of nitrogens with zero attached hydrogens (tertiary/aromatic N) is 1. The lowest BCUT2D eigenvalue weighted by atomic mass is 10.1. The van der Waals surface area contributed by atoms with Crippen molar-refractivity contribution in [3.05, 3.63) is 59.3 Å². The third kappa shape index (κ3) is 6.06. The van der Waals surface area contributed by atoms with Crippen molar-refractivity contribution in [3.8, 4) is 5.88 Å². The number of ether oxygens (including phenoxy) is 2. The van der Waals surface area contributed by atoms with Crippen LogP contribution in [0.25, 0.3) is 0 Å². The highest BCUT2D eigenvalue weighted by Crippen LogP contribution is 2.35. The minimum absolute atomic E-state index is 0.0350. The number of rotatable bonds is 7. The van der Waals surface area contributed by atoms with Crippen molar-refractivity contribution in [2.45, 2.75) is 33.1 Å². The molecule has 0 unspecified atom stereocenters. The second kappa shape index (κ2) is 8.69. The van der Waals surface area contributed by atoms with Crippen molar-refractivity contribution in [1.29, 1.82) is 0 Å². The maximum atomic E-state index is 13.3. The zero-order valence-electron chi connectivity index (χ0n) is 14.5. The Morgan fingerprint density at radius 3 is 2.46 bits per heavy atom. The molecule has 1 heterocycles. The number of carbonyl (C=O) groups is 1. The number of hydrogen-bond acceptors (Lipinski definition) is 4. The highest BCUT2D eigenvalue weighted by Gasteiger charge is 2.36. The first-order chi connectivity index (χ1) is 12.3. The highest BCUT2D eigenvalue weighted by molar-refractivity contribution is 5.72. The van der Waals surface area contributed by atoms with Gasteiger partial charge in [-0.3, -0.25) is 4.79 Å². The summed E-state index contributed by atoms with van der Waals surface area (Å²) in [5, 5.41) is 0. The molecule has 0 saturated heterocycles. The smallest absolute Gasteiger partial charge is 0.421 e. The molecule has 0 fully saturated rings. The van der Waals surface area contributed by atoms with Gasteiger partial charge in [-0.15, -0.1) is 0 Å². The predicted molar refractivity (Wildman–Crippen MR) is 89.5 cm³/mol. The molecule has 0 aliphatic carbocycles. The Kier molecular flexibility index (Phi) is 6.60. The molecule has 26 heavy (non-hydrogen) atoms. The number of benzene rings is 1. The topological polar surface area (TPSA) is 48.4 Å². The predicted octanol–water partition coefficient (Wildman–Crippen LogP) is 4.42. The lowest BCUT2D eigenvalue weighted by Gasteiger charge is -2.14. The molecule has 0 atom stereocenters. The van der Waals surface area contributed by atoms with E-state index in [-0.39, 0.29) is 31.1 Å². The first-order valence-electron chi connectivity index (χ1n) is 8.14. The first kappa shape index (κ1) is 19.8.